The Balaban J connectivity index is 2.19. The number of hydrogen-bond donors (Lipinski definition) is 0. The minimum absolute atomic E-state index is 0.214. The van der Waals surface area contributed by atoms with Gasteiger partial charge in [-0.1, -0.05) is 12.1 Å². The average molecular weight is 175 g/mol. The van der Waals surface area contributed by atoms with Gasteiger partial charge in [0.05, 0.1) is 6.54 Å². The van der Waals surface area contributed by atoms with Crippen molar-refractivity contribution in [2.45, 2.75) is 6.54 Å². The van der Waals surface area contributed by atoms with E-state index in [1.165, 1.54) is 12.1 Å². The molecule has 0 aliphatic carbocycles. The van der Waals surface area contributed by atoms with Gasteiger partial charge in [-0.25, -0.2) is 4.39 Å². The summed E-state index contributed by atoms with van der Waals surface area (Å²) in [6.45, 7) is 0.585. The maximum Gasteiger partial charge on any atom is 0.123 e. The van der Waals surface area contributed by atoms with E-state index in [1.54, 1.807) is 23.0 Å². The summed E-state index contributed by atoms with van der Waals surface area (Å²) in [6, 6.07) is 8.21. The minimum Gasteiger partial charge on any atom is -0.268 e. The first-order chi connectivity index (χ1) is 6.34. The number of hydrogen-bond acceptors (Lipinski definition) is 1. The zero-order valence-electron chi connectivity index (χ0n) is 6.94. The van der Waals surface area contributed by atoms with Gasteiger partial charge in [-0.05, 0) is 23.8 Å². The van der Waals surface area contributed by atoms with E-state index in [4.69, 9.17) is 0 Å². The van der Waals surface area contributed by atoms with Crippen LogP contribution in [0.3, 0.4) is 0 Å². The van der Waals surface area contributed by atoms with Crippen LogP contribution in [0.1, 0.15) is 5.56 Å². The second-order valence-corrected chi connectivity index (χ2v) is 2.77. The number of halogens is 1. The van der Waals surface area contributed by atoms with Crippen molar-refractivity contribution in [3.8, 4) is 0 Å². The molecular weight excluding hydrogens is 167 g/mol. The van der Waals surface area contributed by atoms with Crippen LogP contribution in [0.25, 0.3) is 0 Å². The Morgan fingerprint density at radius 3 is 3.08 bits per heavy atom. The van der Waals surface area contributed by atoms with Crippen LogP contribution in [-0.4, -0.2) is 9.78 Å². The van der Waals surface area contributed by atoms with Crippen molar-refractivity contribution in [3.63, 3.8) is 0 Å². The summed E-state index contributed by atoms with van der Waals surface area (Å²) in [4.78, 5) is 0. The molecule has 0 spiro atoms. The Morgan fingerprint density at radius 2 is 2.38 bits per heavy atom. The van der Waals surface area contributed by atoms with Crippen LogP contribution in [0.5, 0.6) is 0 Å². The van der Waals surface area contributed by atoms with Gasteiger partial charge < -0.3 is 0 Å². The zero-order chi connectivity index (χ0) is 9.10. The molecule has 13 heavy (non-hydrogen) atoms. The van der Waals surface area contributed by atoms with Gasteiger partial charge in [0.2, 0.25) is 0 Å². The van der Waals surface area contributed by atoms with Crippen LogP contribution in [0.4, 0.5) is 4.39 Å². The molecule has 0 unspecified atom stereocenters. The highest BCUT2D eigenvalue weighted by molar-refractivity contribution is 5.16. The molecule has 0 fully saturated rings. The van der Waals surface area contributed by atoms with Gasteiger partial charge in [0, 0.05) is 6.20 Å². The van der Waals surface area contributed by atoms with Gasteiger partial charge in [-0.15, -0.1) is 0 Å². The Bertz CT molecular complexity index is 382. The maximum atomic E-state index is 12.8. The average Bonchev–Trinajstić information content (AvgIpc) is 2.57. The lowest BCUT2D eigenvalue weighted by atomic mass is 10.2. The third kappa shape index (κ3) is 1.93. The molecular formula is C10H8FN2. The fourth-order valence-electron chi connectivity index (χ4n) is 1.17. The molecule has 0 atom stereocenters. The maximum absolute atomic E-state index is 12.8. The van der Waals surface area contributed by atoms with Crippen molar-refractivity contribution in [1.82, 2.24) is 9.78 Å². The quantitative estimate of drug-likeness (QED) is 0.681. The summed E-state index contributed by atoms with van der Waals surface area (Å²) in [5.41, 5.74) is 0.900. The molecule has 1 aromatic carbocycles. The van der Waals surface area contributed by atoms with Crippen molar-refractivity contribution in [2.24, 2.45) is 0 Å². The Kier molecular flexibility index (Phi) is 2.08. The third-order valence-electron chi connectivity index (χ3n) is 1.74. The van der Waals surface area contributed by atoms with E-state index in [0.29, 0.717) is 6.54 Å². The molecule has 1 aromatic heterocycles. The molecule has 2 aromatic rings. The van der Waals surface area contributed by atoms with E-state index >= 15 is 0 Å². The van der Waals surface area contributed by atoms with Crippen molar-refractivity contribution >= 4 is 0 Å². The van der Waals surface area contributed by atoms with Gasteiger partial charge in [0.1, 0.15) is 12.0 Å². The predicted molar refractivity (Wildman–Crippen MR) is 46.6 cm³/mol. The number of nitrogens with zero attached hydrogens (tertiary/aromatic N) is 2. The molecule has 1 radical (unpaired) electrons. The second kappa shape index (κ2) is 3.39. The molecule has 65 valence electrons. The van der Waals surface area contributed by atoms with Gasteiger partial charge in [-0.3, -0.25) is 4.68 Å². The number of aromatic nitrogens is 2. The summed E-state index contributed by atoms with van der Waals surface area (Å²) in [5.74, 6) is -0.214. The molecule has 1 heterocycles. The van der Waals surface area contributed by atoms with Crippen molar-refractivity contribution in [2.75, 3.05) is 0 Å². The monoisotopic (exact) mass is 175 g/mol. The fourth-order valence-corrected chi connectivity index (χ4v) is 1.17. The lowest BCUT2D eigenvalue weighted by Gasteiger charge is -2.00. The van der Waals surface area contributed by atoms with Crippen LogP contribution in [0, 0.1) is 12.0 Å². The van der Waals surface area contributed by atoms with E-state index in [1.807, 2.05) is 6.07 Å². The molecule has 0 aliphatic heterocycles. The number of benzene rings is 1. The first-order valence-electron chi connectivity index (χ1n) is 3.98. The molecule has 3 heteroatoms. The minimum atomic E-state index is -0.214. The lowest BCUT2D eigenvalue weighted by molar-refractivity contribution is 0.619. The van der Waals surface area contributed by atoms with E-state index < -0.39 is 0 Å². The van der Waals surface area contributed by atoms with Crippen LogP contribution < -0.4 is 0 Å². The van der Waals surface area contributed by atoms with E-state index in [2.05, 4.69) is 11.3 Å². The van der Waals surface area contributed by atoms with Crippen LogP contribution in [0.15, 0.2) is 36.5 Å². The second-order valence-electron chi connectivity index (χ2n) is 2.77. The highest BCUT2D eigenvalue weighted by Gasteiger charge is 1.96. The van der Waals surface area contributed by atoms with E-state index in [0.717, 1.165) is 5.56 Å². The van der Waals surface area contributed by atoms with Gasteiger partial charge in [0.25, 0.3) is 0 Å². The normalized spacial score (nSPS) is 10.2. The largest absolute Gasteiger partial charge is 0.268 e. The van der Waals surface area contributed by atoms with Crippen molar-refractivity contribution in [1.29, 1.82) is 0 Å². The Labute approximate surface area is 75.6 Å². The number of rotatable bonds is 2. The van der Waals surface area contributed by atoms with Crippen LogP contribution in [0.2, 0.25) is 0 Å². The summed E-state index contributed by atoms with van der Waals surface area (Å²) in [6.07, 6.45) is 4.48. The summed E-state index contributed by atoms with van der Waals surface area (Å²) in [7, 11) is 0. The van der Waals surface area contributed by atoms with Crippen LogP contribution >= 0.6 is 0 Å². The Morgan fingerprint density at radius 1 is 1.46 bits per heavy atom. The first kappa shape index (κ1) is 7.98. The summed E-state index contributed by atoms with van der Waals surface area (Å²) < 4.78 is 14.5. The van der Waals surface area contributed by atoms with Crippen molar-refractivity contribution < 1.29 is 4.39 Å². The van der Waals surface area contributed by atoms with E-state index in [-0.39, 0.29) is 5.82 Å². The highest BCUT2D eigenvalue weighted by atomic mass is 19.1. The molecule has 0 amide bonds. The zero-order valence-corrected chi connectivity index (χ0v) is 6.94. The molecule has 0 N–H and O–H groups in total. The predicted octanol–water partition coefficient (Wildman–Crippen LogP) is 1.87. The molecule has 2 rings (SSSR count). The van der Waals surface area contributed by atoms with E-state index in [9.17, 15) is 4.39 Å². The fraction of sp³-hybridized carbons (Fsp3) is 0.100. The molecule has 0 bridgehead atoms. The summed E-state index contributed by atoms with van der Waals surface area (Å²) in [5, 5.41) is 3.91. The topological polar surface area (TPSA) is 17.8 Å². The van der Waals surface area contributed by atoms with Crippen LogP contribution in [-0.2, 0) is 6.54 Å². The first-order valence-corrected chi connectivity index (χ1v) is 3.98. The van der Waals surface area contributed by atoms with Crippen molar-refractivity contribution in [3.05, 3.63) is 54.1 Å². The molecule has 0 aliphatic rings. The standard InChI is InChI=1S/C10H8FN2/c11-10-4-1-3-9(7-10)8-13-6-2-5-12-13/h1-4,6-7H,8H2. The third-order valence-corrected chi connectivity index (χ3v) is 1.74. The molecule has 2 nitrogen and oxygen atoms in total. The SMILES string of the molecule is Fc1cccc(Cn2cc[c]n2)c1. The smallest absolute Gasteiger partial charge is 0.123 e. The lowest BCUT2D eigenvalue weighted by Crippen LogP contribution is -1.99. The van der Waals surface area contributed by atoms with Gasteiger partial charge in [0.15, 0.2) is 0 Å². The Hall–Kier alpha value is -1.64. The molecule has 0 saturated carbocycles. The van der Waals surface area contributed by atoms with Gasteiger partial charge >= 0.3 is 0 Å². The molecule has 0 saturated heterocycles. The summed E-state index contributed by atoms with van der Waals surface area (Å²) >= 11 is 0. The van der Waals surface area contributed by atoms with Gasteiger partial charge in [-0.2, -0.15) is 5.10 Å². The highest BCUT2D eigenvalue weighted by Crippen LogP contribution is 2.04.